The molecule has 0 fully saturated rings. The molecule has 0 saturated carbocycles. The standard InChI is InChI=1S/C20H20ClN3O3S/c1-15-17(21)8-5-9-18(15)23-20(25)14-28(26,27)13-19-22-10-11-24(19)12-16-6-3-2-4-7-16/h2-11H,12-14H2,1H3,(H,23,25). The van der Waals surface area contributed by atoms with E-state index in [1.165, 1.54) is 0 Å². The molecule has 0 aliphatic carbocycles. The van der Waals surface area contributed by atoms with Crippen LogP contribution in [0.25, 0.3) is 0 Å². The highest BCUT2D eigenvalue weighted by molar-refractivity contribution is 7.91. The Bertz CT molecular complexity index is 1080. The molecule has 1 amide bonds. The number of rotatable bonds is 7. The average Bonchev–Trinajstić information content (AvgIpc) is 3.05. The van der Waals surface area contributed by atoms with Crippen molar-refractivity contribution in [1.29, 1.82) is 0 Å². The van der Waals surface area contributed by atoms with Crippen molar-refractivity contribution < 1.29 is 13.2 Å². The van der Waals surface area contributed by atoms with Gasteiger partial charge in [-0.2, -0.15) is 0 Å². The first-order valence-electron chi connectivity index (χ1n) is 8.63. The van der Waals surface area contributed by atoms with E-state index in [1.54, 1.807) is 42.1 Å². The van der Waals surface area contributed by atoms with Gasteiger partial charge in [0.25, 0.3) is 0 Å². The minimum atomic E-state index is -3.69. The van der Waals surface area contributed by atoms with Gasteiger partial charge in [0.05, 0.1) is 0 Å². The Morgan fingerprint density at radius 2 is 1.89 bits per heavy atom. The molecule has 3 aromatic rings. The number of carbonyl (C=O) groups is 1. The van der Waals surface area contributed by atoms with Crippen molar-refractivity contribution >= 4 is 33.0 Å². The molecule has 28 heavy (non-hydrogen) atoms. The van der Waals surface area contributed by atoms with Crippen LogP contribution in [0.1, 0.15) is 17.0 Å². The number of nitrogens with one attached hydrogen (secondary N) is 1. The monoisotopic (exact) mass is 417 g/mol. The number of hydrogen-bond donors (Lipinski definition) is 1. The molecule has 0 radical (unpaired) electrons. The first-order chi connectivity index (χ1) is 13.3. The van der Waals surface area contributed by atoms with Crippen LogP contribution in [0.5, 0.6) is 0 Å². The fourth-order valence-corrected chi connectivity index (χ4v) is 4.16. The summed E-state index contributed by atoms with van der Waals surface area (Å²) in [6.07, 6.45) is 3.29. The number of amides is 1. The Morgan fingerprint density at radius 1 is 1.14 bits per heavy atom. The molecule has 1 N–H and O–H groups in total. The van der Waals surface area contributed by atoms with Gasteiger partial charge in [-0.3, -0.25) is 4.79 Å². The van der Waals surface area contributed by atoms with Crippen molar-refractivity contribution in [3.8, 4) is 0 Å². The number of sulfone groups is 1. The van der Waals surface area contributed by atoms with E-state index in [9.17, 15) is 13.2 Å². The molecule has 1 heterocycles. The quantitative estimate of drug-likeness (QED) is 0.638. The smallest absolute Gasteiger partial charge is 0.239 e. The number of benzene rings is 2. The molecular weight excluding hydrogens is 398 g/mol. The highest BCUT2D eigenvalue weighted by Crippen LogP contribution is 2.23. The van der Waals surface area contributed by atoms with Gasteiger partial charge >= 0.3 is 0 Å². The van der Waals surface area contributed by atoms with Crippen LogP contribution in [-0.2, 0) is 26.9 Å². The molecule has 3 rings (SSSR count). The van der Waals surface area contributed by atoms with E-state index in [2.05, 4.69) is 10.3 Å². The second kappa shape index (κ2) is 8.58. The van der Waals surface area contributed by atoms with Crippen LogP contribution in [0, 0.1) is 6.92 Å². The molecule has 0 atom stereocenters. The third kappa shape index (κ3) is 5.21. The SMILES string of the molecule is Cc1c(Cl)cccc1NC(=O)CS(=O)(=O)Cc1nccn1Cc1ccccc1. The largest absolute Gasteiger partial charge is 0.330 e. The minimum absolute atomic E-state index is 0.311. The Kier molecular flexibility index (Phi) is 6.16. The van der Waals surface area contributed by atoms with Gasteiger partial charge in [0.15, 0.2) is 9.84 Å². The lowest BCUT2D eigenvalue weighted by molar-refractivity contribution is -0.113. The summed E-state index contributed by atoms with van der Waals surface area (Å²) in [5, 5.41) is 3.11. The summed E-state index contributed by atoms with van der Waals surface area (Å²) in [7, 11) is -3.69. The van der Waals surface area contributed by atoms with Gasteiger partial charge in [-0.15, -0.1) is 0 Å². The van der Waals surface area contributed by atoms with E-state index < -0.39 is 21.5 Å². The molecule has 0 aliphatic heterocycles. The second-order valence-electron chi connectivity index (χ2n) is 6.45. The number of halogens is 1. The molecule has 0 unspecified atom stereocenters. The van der Waals surface area contributed by atoms with Crippen molar-refractivity contribution in [1.82, 2.24) is 9.55 Å². The molecule has 146 valence electrons. The van der Waals surface area contributed by atoms with Gasteiger partial charge in [-0.05, 0) is 30.2 Å². The number of imidazole rings is 1. The van der Waals surface area contributed by atoms with Gasteiger partial charge in [0, 0.05) is 29.6 Å². The molecule has 0 saturated heterocycles. The fraction of sp³-hybridized carbons (Fsp3) is 0.200. The average molecular weight is 418 g/mol. The van der Waals surface area contributed by atoms with Crippen molar-refractivity contribution in [2.45, 2.75) is 19.2 Å². The minimum Gasteiger partial charge on any atom is -0.330 e. The van der Waals surface area contributed by atoms with Crippen LogP contribution in [0.15, 0.2) is 60.9 Å². The molecule has 0 aliphatic rings. The van der Waals surface area contributed by atoms with Gasteiger partial charge < -0.3 is 9.88 Å². The van der Waals surface area contributed by atoms with E-state index in [-0.39, 0.29) is 5.75 Å². The summed E-state index contributed by atoms with van der Waals surface area (Å²) in [4.78, 5) is 16.4. The Hall–Kier alpha value is -2.64. The molecule has 0 spiro atoms. The number of carbonyl (C=O) groups excluding carboxylic acids is 1. The molecule has 8 heteroatoms. The Labute approximate surface area is 169 Å². The maximum atomic E-state index is 12.5. The molecule has 2 aromatic carbocycles. The van der Waals surface area contributed by atoms with Crippen LogP contribution < -0.4 is 5.32 Å². The summed E-state index contributed by atoms with van der Waals surface area (Å²) >= 11 is 6.03. The van der Waals surface area contributed by atoms with Crippen molar-refractivity contribution in [3.05, 3.63) is 82.9 Å². The van der Waals surface area contributed by atoms with Crippen molar-refractivity contribution in [2.75, 3.05) is 11.1 Å². The third-order valence-electron chi connectivity index (χ3n) is 4.24. The van der Waals surface area contributed by atoms with Gasteiger partial charge in [0.1, 0.15) is 17.3 Å². The first-order valence-corrected chi connectivity index (χ1v) is 10.8. The van der Waals surface area contributed by atoms with Gasteiger partial charge in [-0.1, -0.05) is 48.0 Å². The lowest BCUT2D eigenvalue weighted by Gasteiger charge is -2.11. The number of hydrogen-bond acceptors (Lipinski definition) is 4. The van der Waals surface area contributed by atoms with Gasteiger partial charge in [0.2, 0.25) is 5.91 Å². The predicted octanol–water partition coefficient (Wildman–Crippen LogP) is 3.45. The summed E-state index contributed by atoms with van der Waals surface area (Å²) in [5.41, 5.74) is 2.22. The maximum absolute atomic E-state index is 12.5. The third-order valence-corrected chi connectivity index (χ3v) is 6.05. The van der Waals surface area contributed by atoms with Gasteiger partial charge in [-0.25, -0.2) is 13.4 Å². The van der Waals surface area contributed by atoms with Crippen molar-refractivity contribution in [2.24, 2.45) is 0 Å². The second-order valence-corrected chi connectivity index (χ2v) is 8.92. The Balaban J connectivity index is 1.67. The van der Waals surface area contributed by atoms with Crippen LogP contribution in [-0.4, -0.2) is 29.6 Å². The zero-order valence-electron chi connectivity index (χ0n) is 15.3. The maximum Gasteiger partial charge on any atom is 0.239 e. The summed E-state index contributed by atoms with van der Waals surface area (Å²) in [6.45, 7) is 2.27. The topological polar surface area (TPSA) is 81.1 Å². The molecule has 6 nitrogen and oxygen atoms in total. The molecule has 0 bridgehead atoms. The fourth-order valence-electron chi connectivity index (χ4n) is 2.78. The zero-order chi connectivity index (χ0) is 20.1. The Morgan fingerprint density at radius 3 is 2.64 bits per heavy atom. The van der Waals surface area contributed by atoms with E-state index in [1.807, 2.05) is 30.3 Å². The van der Waals surface area contributed by atoms with Crippen LogP contribution in [0.4, 0.5) is 5.69 Å². The van der Waals surface area contributed by atoms with Crippen molar-refractivity contribution in [3.63, 3.8) is 0 Å². The lowest BCUT2D eigenvalue weighted by atomic mass is 10.2. The van der Waals surface area contributed by atoms with E-state index in [4.69, 9.17) is 11.6 Å². The molecular formula is C20H20ClN3O3S. The summed E-state index contributed by atoms with van der Waals surface area (Å²) in [5.74, 6) is -1.14. The number of aromatic nitrogens is 2. The summed E-state index contributed by atoms with van der Waals surface area (Å²) in [6, 6.07) is 14.8. The van der Waals surface area contributed by atoms with Crippen LogP contribution >= 0.6 is 11.6 Å². The molecule has 1 aromatic heterocycles. The predicted molar refractivity (Wildman–Crippen MR) is 110 cm³/mol. The van der Waals surface area contributed by atoms with E-state index in [0.29, 0.717) is 28.6 Å². The summed E-state index contributed by atoms with van der Waals surface area (Å²) < 4.78 is 26.8. The zero-order valence-corrected chi connectivity index (χ0v) is 16.9. The number of nitrogens with zero attached hydrogens (tertiary/aromatic N) is 2. The van der Waals surface area contributed by atoms with Crippen LogP contribution in [0.2, 0.25) is 5.02 Å². The van der Waals surface area contributed by atoms with E-state index in [0.717, 1.165) is 5.56 Å². The normalized spacial score (nSPS) is 11.4. The highest BCUT2D eigenvalue weighted by atomic mass is 35.5. The first kappa shape index (κ1) is 20.1. The van der Waals surface area contributed by atoms with E-state index >= 15 is 0 Å². The van der Waals surface area contributed by atoms with Crippen LogP contribution in [0.3, 0.4) is 0 Å². The number of anilines is 1. The highest BCUT2D eigenvalue weighted by Gasteiger charge is 2.21. The lowest BCUT2D eigenvalue weighted by Crippen LogP contribution is -2.25.